The van der Waals surface area contributed by atoms with E-state index in [0.717, 1.165) is 37.8 Å². The molecule has 1 aromatic carbocycles. The maximum absolute atomic E-state index is 11.6. The van der Waals surface area contributed by atoms with Gasteiger partial charge < -0.3 is 14.8 Å². The lowest BCUT2D eigenvalue weighted by Crippen LogP contribution is -2.57. The number of aromatic amines is 1. The average molecular weight is 478 g/mol. The number of nitriles is 1. The van der Waals surface area contributed by atoms with Crippen LogP contribution < -0.4 is 0 Å². The van der Waals surface area contributed by atoms with E-state index < -0.39 is 12.1 Å². The first-order valence-electron chi connectivity index (χ1n) is 10.9. The topological polar surface area (TPSA) is 89.3 Å². The Morgan fingerprint density at radius 1 is 1.25 bits per heavy atom. The van der Waals surface area contributed by atoms with Crippen molar-refractivity contribution in [2.45, 2.75) is 62.6 Å². The molecular formula is C24H29Cl2N3O3. The highest BCUT2D eigenvalue weighted by molar-refractivity contribution is 6.30. The van der Waals surface area contributed by atoms with Crippen LogP contribution in [0.5, 0.6) is 0 Å². The second-order valence-corrected chi connectivity index (χ2v) is 9.08. The van der Waals surface area contributed by atoms with Crippen LogP contribution in [0.25, 0.3) is 0 Å². The third-order valence-corrected chi connectivity index (χ3v) is 6.92. The molecule has 1 aliphatic carbocycles. The van der Waals surface area contributed by atoms with Gasteiger partial charge in [0.2, 0.25) is 0 Å². The summed E-state index contributed by atoms with van der Waals surface area (Å²) >= 11 is 6.02. The zero-order valence-electron chi connectivity index (χ0n) is 17.9. The number of carboxylic acid groups (broad SMARTS) is 1. The fourth-order valence-electron chi connectivity index (χ4n) is 5.01. The second kappa shape index (κ2) is 11.2. The lowest BCUT2D eigenvalue weighted by atomic mass is 9.81. The summed E-state index contributed by atoms with van der Waals surface area (Å²) in [6.07, 6.45) is 6.70. The van der Waals surface area contributed by atoms with Crippen molar-refractivity contribution in [2.75, 3.05) is 13.2 Å². The number of hydrogen-bond acceptors (Lipinski definition) is 4. The van der Waals surface area contributed by atoms with E-state index in [1.807, 2.05) is 30.5 Å². The number of nitrogens with one attached hydrogen (secondary N) is 1. The number of benzene rings is 1. The molecule has 0 bridgehead atoms. The number of aromatic nitrogens is 1. The molecule has 1 saturated heterocycles. The summed E-state index contributed by atoms with van der Waals surface area (Å²) in [6.45, 7) is 0.855. The van der Waals surface area contributed by atoms with Gasteiger partial charge in [0.25, 0.3) is 0 Å². The van der Waals surface area contributed by atoms with E-state index in [9.17, 15) is 9.90 Å². The molecule has 8 heteroatoms. The number of carbonyl (C=O) groups is 1. The first kappa shape index (κ1) is 24.6. The molecule has 2 fully saturated rings. The van der Waals surface area contributed by atoms with E-state index in [-0.39, 0.29) is 18.4 Å². The van der Waals surface area contributed by atoms with Gasteiger partial charge in [-0.15, -0.1) is 12.4 Å². The Kier molecular flexibility index (Phi) is 8.61. The molecule has 0 spiro atoms. The summed E-state index contributed by atoms with van der Waals surface area (Å²) in [5, 5.41) is 19.1. The molecule has 0 radical (unpaired) electrons. The standard InChI is InChI=1S/C24H28ClN3O3.ClH/c25-19-5-1-16(2-6-19)11-22-15-31-23(24(29)30)14-28(22)21-7-3-17(4-8-21)18-12-20(9-10-26)27-13-18;/h1-2,5-6,12-13,17,21-23,27H,3-4,7-9,11,14-15H2,(H,29,30);1H/t17?,21?,22-,23+;/m0./s1. The SMILES string of the molecule is Cl.N#CCc1cc(C2CCC(N3C[C@H](C(=O)O)OC[C@@H]3Cc3ccc(Cl)cc3)CC2)c[nH]1. The molecule has 172 valence electrons. The Morgan fingerprint density at radius 2 is 1.97 bits per heavy atom. The Morgan fingerprint density at radius 3 is 2.62 bits per heavy atom. The number of hydrogen-bond donors (Lipinski definition) is 2. The maximum atomic E-state index is 11.6. The normalized spacial score (nSPS) is 26.1. The van der Waals surface area contributed by atoms with Crippen molar-refractivity contribution in [3.63, 3.8) is 0 Å². The van der Waals surface area contributed by atoms with E-state index in [2.05, 4.69) is 22.0 Å². The number of nitrogens with zero attached hydrogens (tertiary/aromatic N) is 2. The molecule has 6 nitrogen and oxygen atoms in total. The molecule has 2 aromatic rings. The Bertz CT molecular complexity index is 933. The van der Waals surface area contributed by atoms with Crippen LogP contribution in [0, 0.1) is 11.3 Å². The highest BCUT2D eigenvalue weighted by Gasteiger charge is 2.38. The van der Waals surface area contributed by atoms with Gasteiger partial charge in [-0.25, -0.2) is 4.79 Å². The number of rotatable bonds is 6. The minimum atomic E-state index is -0.888. The first-order chi connectivity index (χ1) is 15.0. The first-order valence-corrected chi connectivity index (χ1v) is 11.3. The highest BCUT2D eigenvalue weighted by Crippen LogP contribution is 2.37. The molecule has 2 atom stereocenters. The van der Waals surface area contributed by atoms with Gasteiger partial charge in [0.05, 0.1) is 19.1 Å². The third kappa shape index (κ3) is 5.85. The van der Waals surface area contributed by atoms with Crippen LogP contribution in [-0.2, 0) is 22.4 Å². The molecule has 32 heavy (non-hydrogen) atoms. The predicted octanol–water partition coefficient (Wildman–Crippen LogP) is 4.58. The van der Waals surface area contributed by atoms with Gasteiger partial charge in [0.15, 0.2) is 6.10 Å². The predicted molar refractivity (Wildman–Crippen MR) is 125 cm³/mol. The van der Waals surface area contributed by atoms with Gasteiger partial charge >= 0.3 is 5.97 Å². The molecule has 2 aliphatic rings. The smallest absolute Gasteiger partial charge is 0.334 e. The van der Waals surface area contributed by atoms with E-state index in [0.29, 0.717) is 36.6 Å². The number of halogens is 2. The van der Waals surface area contributed by atoms with E-state index in [1.54, 1.807) is 0 Å². The lowest BCUT2D eigenvalue weighted by Gasteiger charge is -2.45. The molecule has 2 N–H and O–H groups in total. The number of carboxylic acids is 1. The van der Waals surface area contributed by atoms with Crippen LogP contribution >= 0.6 is 24.0 Å². The van der Waals surface area contributed by atoms with E-state index in [4.69, 9.17) is 21.6 Å². The summed E-state index contributed by atoms with van der Waals surface area (Å²) in [5.41, 5.74) is 3.44. The van der Waals surface area contributed by atoms with Crippen molar-refractivity contribution < 1.29 is 14.6 Å². The van der Waals surface area contributed by atoms with Crippen LogP contribution in [0.1, 0.15) is 48.4 Å². The number of morpholine rings is 1. The third-order valence-electron chi connectivity index (χ3n) is 6.67. The minimum Gasteiger partial charge on any atom is -0.479 e. The highest BCUT2D eigenvalue weighted by atomic mass is 35.5. The van der Waals surface area contributed by atoms with Crippen molar-refractivity contribution in [1.29, 1.82) is 5.26 Å². The van der Waals surface area contributed by atoms with Crippen molar-refractivity contribution in [1.82, 2.24) is 9.88 Å². The van der Waals surface area contributed by atoms with Gasteiger partial charge in [0.1, 0.15) is 0 Å². The molecule has 1 saturated carbocycles. The number of aliphatic carboxylic acids is 1. The molecule has 1 aliphatic heterocycles. The Hall–Kier alpha value is -2.04. The fraction of sp³-hybridized carbons (Fsp3) is 0.500. The summed E-state index contributed by atoms with van der Waals surface area (Å²) in [6, 6.07) is 12.7. The zero-order valence-corrected chi connectivity index (χ0v) is 19.4. The Balaban J connectivity index is 0.00000289. The summed E-state index contributed by atoms with van der Waals surface area (Å²) < 4.78 is 5.69. The average Bonchev–Trinajstić information content (AvgIpc) is 3.24. The van der Waals surface area contributed by atoms with Crippen LogP contribution in [0.15, 0.2) is 36.5 Å². The number of ether oxygens (including phenoxy) is 1. The largest absolute Gasteiger partial charge is 0.479 e. The van der Waals surface area contributed by atoms with Crippen LogP contribution in [-0.4, -0.2) is 52.3 Å². The second-order valence-electron chi connectivity index (χ2n) is 8.64. The van der Waals surface area contributed by atoms with Gasteiger partial charge in [-0.2, -0.15) is 5.26 Å². The van der Waals surface area contributed by atoms with Crippen LogP contribution in [0.3, 0.4) is 0 Å². The van der Waals surface area contributed by atoms with E-state index in [1.165, 1.54) is 11.1 Å². The quantitative estimate of drug-likeness (QED) is 0.635. The molecule has 2 heterocycles. The molecule has 4 rings (SSSR count). The molecule has 0 amide bonds. The summed E-state index contributed by atoms with van der Waals surface area (Å²) in [4.78, 5) is 17.2. The minimum absolute atomic E-state index is 0. The molecule has 1 aromatic heterocycles. The molecular weight excluding hydrogens is 449 g/mol. The van der Waals surface area contributed by atoms with Gasteiger partial charge in [-0.3, -0.25) is 4.90 Å². The molecule has 0 unspecified atom stereocenters. The van der Waals surface area contributed by atoms with Crippen molar-refractivity contribution >= 4 is 30.0 Å². The van der Waals surface area contributed by atoms with Crippen molar-refractivity contribution in [3.8, 4) is 6.07 Å². The fourth-order valence-corrected chi connectivity index (χ4v) is 5.13. The van der Waals surface area contributed by atoms with Gasteiger partial charge in [-0.1, -0.05) is 23.7 Å². The van der Waals surface area contributed by atoms with Crippen molar-refractivity contribution in [2.24, 2.45) is 0 Å². The monoisotopic (exact) mass is 477 g/mol. The zero-order chi connectivity index (χ0) is 21.8. The van der Waals surface area contributed by atoms with E-state index >= 15 is 0 Å². The Labute approximate surface area is 199 Å². The summed E-state index contributed by atoms with van der Waals surface area (Å²) in [5.74, 6) is -0.396. The maximum Gasteiger partial charge on any atom is 0.334 e. The van der Waals surface area contributed by atoms with Crippen LogP contribution in [0.4, 0.5) is 0 Å². The van der Waals surface area contributed by atoms with Crippen molar-refractivity contribution in [3.05, 3.63) is 58.4 Å². The van der Waals surface area contributed by atoms with Gasteiger partial charge in [-0.05, 0) is 67.3 Å². The summed E-state index contributed by atoms with van der Waals surface area (Å²) in [7, 11) is 0. The lowest BCUT2D eigenvalue weighted by molar-refractivity contribution is -0.162. The van der Waals surface area contributed by atoms with Gasteiger partial charge in [0, 0.05) is 35.5 Å². The van der Waals surface area contributed by atoms with Crippen LogP contribution in [0.2, 0.25) is 5.02 Å². The number of H-pyrrole nitrogens is 1.